The minimum absolute atomic E-state index is 0.184. The molecule has 0 aliphatic carbocycles. The van der Waals surface area contributed by atoms with E-state index in [1.165, 1.54) is 10.5 Å². The molecular weight excluding hydrogens is 272 g/mol. The second-order valence-electron chi connectivity index (χ2n) is 5.72. The number of carbonyl (C=O) groups excluding carboxylic acids is 1. The third-order valence-corrected chi connectivity index (χ3v) is 4.85. The van der Waals surface area contributed by atoms with E-state index in [9.17, 15) is 4.79 Å². The van der Waals surface area contributed by atoms with Crippen LogP contribution in [0.5, 0.6) is 0 Å². The molecule has 5 heteroatoms. The van der Waals surface area contributed by atoms with Crippen molar-refractivity contribution in [2.75, 3.05) is 32.9 Å². The van der Waals surface area contributed by atoms with Crippen LogP contribution in [0, 0.1) is 0 Å². The lowest BCUT2D eigenvalue weighted by Gasteiger charge is -2.21. The molecule has 4 nitrogen and oxygen atoms in total. The molecule has 108 valence electrons. The summed E-state index contributed by atoms with van der Waals surface area (Å²) >= 11 is 1.76. The molecule has 3 rings (SSSR count). The number of rotatable bonds is 3. The molecule has 1 atom stereocenters. The maximum Gasteiger partial charge on any atom is 0.410 e. The maximum atomic E-state index is 11.6. The first kappa shape index (κ1) is 13.8. The van der Waals surface area contributed by atoms with Crippen molar-refractivity contribution in [1.82, 2.24) is 9.80 Å². The predicted molar refractivity (Wildman–Crippen MR) is 80.0 cm³/mol. The third-order valence-electron chi connectivity index (χ3n) is 4.10. The molecule has 0 unspecified atom stereocenters. The smallest absolute Gasteiger partial charge is 0.410 e. The van der Waals surface area contributed by atoms with Crippen molar-refractivity contribution in [3.8, 4) is 0 Å². The lowest BCUT2D eigenvalue weighted by Crippen LogP contribution is -2.37. The van der Waals surface area contributed by atoms with Crippen LogP contribution in [-0.2, 0) is 11.3 Å². The SMILES string of the molecule is CSc1ccc(CN2CC[C@]3(C2)CN(C)C(=O)O3)cc1. The van der Waals surface area contributed by atoms with Gasteiger partial charge in [-0.15, -0.1) is 11.8 Å². The molecule has 2 heterocycles. The largest absolute Gasteiger partial charge is 0.439 e. The Labute approximate surface area is 124 Å². The molecule has 0 bridgehead atoms. The number of thioether (sulfide) groups is 1. The Hall–Kier alpha value is -1.20. The zero-order valence-corrected chi connectivity index (χ0v) is 12.8. The fourth-order valence-corrected chi connectivity index (χ4v) is 3.46. The second kappa shape index (κ2) is 5.30. The van der Waals surface area contributed by atoms with E-state index in [4.69, 9.17) is 4.74 Å². The average molecular weight is 292 g/mol. The summed E-state index contributed by atoms with van der Waals surface area (Å²) < 4.78 is 5.57. The molecule has 1 aromatic rings. The minimum atomic E-state index is -0.273. The van der Waals surface area contributed by atoms with Crippen molar-refractivity contribution >= 4 is 17.9 Å². The van der Waals surface area contributed by atoms with Gasteiger partial charge in [-0.25, -0.2) is 4.79 Å². The van der Waals surface area contributed by atoms with Crippen molar-refractivity contribution in [2.24, 2.45) is 0 Å². The van der Waals surface area contributed by atoms with Crippen molar-refractivity contribution in [1.29, 1.82) is 0 Å². The molecule has 2 saturated heterocycles. The molecule has 1 amide bonds. The minimum Gasteiger partial charge on any atom is -0.439 e. The van der Waals surface area contributed by atoms with Crippen molar-refractivity contribution in [3.63, 3.8) is 0 Å². The van der Waals surface area contributed by atoms with E-state index >= 15 is 0 Å². The van der Waals surface area contributed by atoms with E-state index in [0.717, 1.165) is 26.1 Å². The molecule has 2 aliphatic rings. The predicted octanol–water partition coefficient (Wildman–Crippen LogP) is 2.44. The van der Waals surface area contributed by atoms with Crippen molar-refractivity contribution in [2.45, 2.75) is 23.5 Å². The molecule has 0 aromatic heterocycles. The Kier molecular flexibility index (Phi) is 3.65. The number of benzene rings is 1. The van der Waals surface area contributed by atoms with Gasteiger partial charge in [0, 0.05) is 38.0 Å². The van der Waals surface area contributed by atoms with Gasteiger partial charge in [0.2, 0.25) is 0 Å². The highest BCUT2D eigenvalue weighted by Gasteiger charge is 2.48. The Balaban J connectivity index is 1.61. The quantitative estimate of drug-likeness (QED) is 0.801. The number of hydrogen-bond acceptors (Lipinski definition) is 4. The highest BCUT2D eigenvalue weighted by Crippen LogP contribution is 2.32. The van der Waals surface area contributed by atoms with E-state index < -0.39 is 0 Å². The van der Waals surface area contributed by atoms with Gasteiger partial charge < -0.3 is 9.64 Å². The number of amides is 1. The van der Waals surface area contributed by atoms with Crippen molar-refractivity contribution in [3.05, 3.63) is 29.8 Å². The van der Waals surface area contributed by atoms with Crippen LogP contribution >= 0.6 is 11.8 Å². The summed E-state index contributed by atoms with van der Waals surface area (Å²) in [6, 6.07) is 8.69. The third kappa shape index (κ3) is 2.65. The molecule has 2 fully saturated rings. The van der Waals surface area contributed by atoms with Gasteiger partial charge in [0.25, 0.3) is 0 Å². The van der Waals surface area contributed by atoms with Gasteiger partial charge in [-0.1, -0.05) is 12.1 Å². The van der Waals surface area contributed by atoms with Crippen LogP contribution in [0.3, 0.4) is 0 Å². The van der Waals surface area contributed by atoms with Crippen LogP contribution in [0.15, 0.2) is 29.2 Å². The summed E-state index contributed by atoms with van der Waals surface area (Å²) in [5.74, 6) is 0. The number of likely N-dealkylation sites (tertiary alicyclic amines) is 1. The highest BCUT2D eigenvalue weighted by atomic mass is 32.2. The van der Waals surface area contributed by atoms with Crippen LogP contribution in [0.1, 0.15) is 12.0 Å². The summed E-state index contributed by atoms with van der Waals surface area (Å²) in [6.45, 7) is 3.48. The number of ether oxygens (including phenoxy) is 1. The topological polar surface area (TPSA) is 32.8 Å². The zero-order chi connectivity index (χ0) is 14.2. The van der Waals surface area contributed by atoms with Crippen LogP contribution in [0.25, 0.3) is 0 Å². The van der Waals surface area contributed by atoms with Gasteiger partial charge in [-0.05, 0) is 24.0 Å². The summed E-state index contributed by atoms with van der Waals surface area (Å²) in [6.07, 6.45) is 2.84. The van der Waals surface area contributed by atoms with Gasteiger partial charge in [0.15, 0.2) is 0 Å². The lowest BCUT2D eigenvalue weighted by molar-refractivity contribution is 0.0627. The van der Waals surface area contributed by atoms with Crippen LogP contribution in [-0.4, -0.2) is 54.4 Å². The lowest BCUT2D eigenvalue weighted by atomic mass is 10.0. The van der Waals surface area contributed by atoms with Crippen molar-refractivity contribution < 1.29 is 9.53 Å². The standard InChI is InChI=1S/C15H20N2O2S/c1-16-10-15(19-14(16)18)7-8-17(11-15)9-12-3-5-13(20-2)6-4-12/h3-6H,7-11H2,1-2H3/t15-/m1/s1. The van der Waals surface area contributed by atoms with Gasteiger partial charge in [0.1, 0.15) is 5.60 Å². The number of nitrogens with zero attached hydrogens (tertiary/aromatic N) is 2. The maximum absolute atomic E-state index is 11.6. The molecule has 0 saturated carbocycles. The molecule has 2 aliphatic heterocycles. The van der Waals surface area contributed by atoms with Gasteiger partial charge >= 0.3 is 6.09 Å². The van der Waals surface area contributed by atoms with E-state index in [1.54, 1.807) is 23.7 Å². The highest BCUT2D eigenvalue weighted by molar-refractivity contribution is 7.98. The molecular formula is C15H20N2O2S. The number of carbonyl (C=O) groups is 1. The van der Waals surface area contributed by atoms with Gasteiger partial charge in [-0.3, -0.25) is 4.90 Å². The number of likely N-dealkylation sites (N-methyl/N-ethyl adjacent to an activating group) is 1. The Bertz CT molecular complexity index is 505. The summed E-state index contributed by atoms with van der Waals surface area (Å²) in [5, 5.41) is 0. The Morgan fingerprint density at radius 2 is 2.05 bits per heavy atom. The first-order chi connectivity index (χ1) is 9.60. The van der Waals surface area contributed by atoms with Gasteiger partial charge in [-0.2, -0.15) is 0 Å². The van der Waals surface area contributed by atoms with E-state index in [2.05, 4.69) is 35.4 Å². The number of hydrogen-bond donors (Lipinski definition) is 0. The molecule has 0 N–H and O–H groups in total. The first-order valence-electron chi connectivity index (χ1n) is 6.90. The van der Waals surface area contributed by atoms with Gasteiger partial charge in [0.05, 0.1) is 6.54 Å². The summed E-state index contributed by atoms with van der Waals surface area (Å²) in [7, 11) is 1.81. The molecule has 1 aromatic carbocycles. The summed E-state index contributed by atoms with van der Waals surface area (Å²) in [4.78, 5) is 16.9. The van der Waals surface area contributed by atoms with Crippen LogP contribution < -0.4 is 0 Å². The average Bonchev–Trinajstić information content (AvgIpc) is 2.94. The fraction of sp³-hybridized carbons (Fsp3) is 0.533. The van der Waals surface area contributed by atoms with Crippen LogP contribution in [0.4, 0.5) is 4.79 Å². The fourth-order valence-electron chi connectivity index (χ4n) is 3.06. The summed E-state index contributed by atoms with van der Waals surface area (Å²) in [5.41, 5.74) is 1.04. The van der Waals surface area contributed by atoms with E-state index in [0.29, 0.717) is 6.54 Å². The van der Waals surface area contributed by atoms with Crippen LogP contribution in [0.2, 0.25) is 0 Å². The van der Waals surface area contributed by atoms with E-state index in [-0.39, 0.29) is 11.7 Å². The monoisotopic (exact) mass is 292 g/mol. The Morgan fingerprint density at radius 1 is 1.30 bits per heavy atom. The molecule has 1 spiro atoms. The van der Waals surface area contributed by atoms with E-state index in [1.807, 2.05) is 0 Å². The molecule has 20 heavy (non-hydrogen) atoms. The molecule has 0 radical (unpaired) electrons. The zero-order valence-electron chi connectivity index (χ0n) is 12.0. The second-order valence-corrected chi connectivity index (χ2v) is 6.60. The normalized spacial score (nSPS) is 26.5. The Morgan fingerprint density at radius 3 is 2.65 bits per heavy atom. The first-order valence-corrected chi connectivity index (χ1v) is 8.12.